The van der Waals surface area contributed by atoms with Crippen LogP contribution in [0.3, 0.4) is 0 Å². The molecular formula is C15H18ClN3OS. The molecule has 2 rings (SSSR count). The lowest BCUT2D eigenvalue weighted by atomic mass is 10.2. The lowest BCUT2D eigenvalue weighted by Gasteiger charge is -2.09. The van der Waals surface area contributed by atoms with Gasteiger partial charge in [-0.15, -0.1) is 11.3 Å². The second kappa shape index (κ2) is 7.02. The van der Waals surface area contributed by atoms with E-state index in [9.17, 15) is 4.79 Å². The number of rotatable bonds is 5. The molecule has 0 unspecified atom stereocenters. The summed E-state index contributed by atoms with van der Waals surface area (Å²) in [4.78, 5) is 19.3. The highest BCUT2D eigenvalue weighted by molar-refractivity contribution is 7.17. The topological polar surface area (TPSA) is 45.2 Å². The standard InChI is InChI=1S/C15H18ClN3OS/c1-10-13(14(20)17-8-9-19(2)3)21-15(18-10)11-4-6-12(16)7-5-11/h4-7H,8-9H2,1-3H3,(H,17,20). The van der Waals surface area contributed by atoms with Gasteiger partial charge in [0.25, 0.3) is 5.91 Å². The summed E-state index contributed by atoms with van der Waals surface area (Å²) >= 11 is 7.29. The van der Waals surface area contributed by atoms with Crippen molar-refractivity contribution in [1.29, 1.82) is 0 Å². The van der Waals surface area contributed by atoms with Crippen LogP contribution in [0.5, 0.6) is 0 Å². The van der Waals surface area contributed by atoms with Crippen LogP contribution in [0.25, 0.3) is 10.6 Å². The molecule has 0 spiro atoms. The second-order valence-electron chi connectivity index (χ2n) is 5.00. The van der Waals surface area contributed by atoms with Crippen molar-refractivity contribution in [3.8, 4) is 10.6 Å². The zero-order chi connectivity index (χ0) is 15.4. The van der Waals surface area contributed by atoms with Gasteiger partial charge in [0.15, 0.2) is 0 Å². The van der Waals surface area contributed by atoms with E-state index in [1.165, 1.54) is 11.3 Å². The Labute approximate surface area is 133 Å². The summed E-state index contributed by atoms with van der Waals surface area (Å²) in [6.45, 7) is 3.30. The number of benzene rings is 1. The number of aromatic nitrogens is 1. The first-order valence-electron chi connectivity index (χ1n) is 6.63. The summed E-state index contributed by atoms with van der Waals surface area (Å²) in [5.74, 6) is -0.0629. The Morgan fingerprint density at radius 1 is 1.33 bits per heavy atom. The number of thiazole rings is 1. The molecule has 0 radical (unpaired) electrons. The minimum atomic E-state index is -0.0629. The van der Waals surface area contributed by atoms with Gasteiger partial charge in [-0.05, 0) is 33.2 Å². The van der Waals surface area contributed by atoms with Gasteiger partial charge in [0.1, 0.15) is 9.88 Å². The highest BCUT2D eigenvalue weighted by atomic mass is 35.5. The average Bonchev–Trinajstić information content (AvgIpc) is 2.81. The summed E-state index contributed by atoms with van der Waals surface area (Å²) in [5.41, 5.74) is 1.73. The minimum Gasteiger partial charge on any atom is -0.350 e. The molecule has 0 saturated carbocycles. The van der Waals surface area contributed by atoms with Crippen molar-refractivity contribution in [2.24, 2.45) is 0 Å². The van der Waals surface area contributed by atoms with Crippen LogP contribution in [-0.4, -0.2) is 43.0 Å². The third kappa shape index (κ3) is 4.27. The predicted molar refractivity (Wildman–Crippen MR) is 88.2 cm³/mol. The van der Waals surface area contributed by atoms with Gasteiger partial charge >= 0.3 is 0 Å². The fourth-order valence-corrected chi connectivity index (χ4v) is 2.91. The zero-order valence-electron chi connectivity index (χ0n) is 12.3. The fourth-order valence-electron chi connectivity index (χ4n) is 1.80. The largest absolute Gasteiger partial charge is 0.350 e. The Morgan fingerprint density at radius 2 is 2.00 bits per heavy atom. The highest BCUT2D eigenvalue weighted by Crippen LogP contribution is 2.28. The van der Waals surface area contributed by atoms with Crippen LogP contribution >= 0.6 is 22.9 Å². The van der Waals surface area contributed by atoms with Crippen LogP contribution in [0.15, 0.2) is 24.3 Å². The quantitative estimate of drug-likeness (QED) is 0.919. The number of aryl methyl sites for hydroxylation is 1. The van der Waals surface area contributed by atoms with E-state index in [1.54, 1.807) is 0 Å². The molecule has 1 heterocycles. The number of nitrogens with zero attached hydrogens (tertiary/aromatic N) is 2. The van der Waals surface area contributed by atoms with Gasteiger partial charge in [-0.3, -0.25) is 4.79 Å². The van der Waals surface area contributed by atoms with Crippen molar-refractivity contribution in [1.82, 2.24) is 15.2 Å². The van der Waals surface area contributed by atoms with Crippen molar-refractivity contribution in [3.63, 3.8) is 0 Å². The summed E-state index contributed by atoms with van der Waals surface area (Å²) in [6.07, 6.45) is 0. The maximum atomic E-state index is 12.2. The van der Waals surface area contributed by atoms with Gasteiger partial charge in [0.05, 0.1) is 5.69 Å². The minimum absolute atomic E-state index is 0.0629. The van der Waals surface area contributed by atoms with Crippen molar-refractivity contribution in [2.45, 2.75) is 6.92 Å². The van der Waals surface area contributed by atoms with E-state index < -0.39 is 0 Å². The maximum absolute atomic E-state index is 12.2. The normalized spacial score (nSPS) is 10.9. The molecule has 0 fully saturated rings. The van der Waals surface area contributed by atoms with E-state index in [-0.39, 0.29) is 5.91 Å². The molecule has 1 amide bonds. The molecule has 0 atom stereocenters. The SMILES string of the molecule is Cc1nc(-c2ccc(Cl)cc2)sc1C(=O)NCCN(C)C. The van der Waals surface area contributed by atoms with Crippen LogP contribution in [-0.2, 0) is 0 Å². The van der Waals surface area contributed by atoms with Crippen molar-refractivity contribution >= 4 is 28.8 Å². The number of carbonyl (C=O) groups is 1. The Kier molecular flexibility index (Phi) is 5.33. The van der Waals surface area contributed by atoms with Gasteiger partial charge in [0.2, 0.25) is 0 Å². The molecule has 0 aliphatic heterocycles. The third-order valence-corrected chi connectivity index (χ3v) is 4.40. The Morgan fingerprint density at radius 3 is 2.62 bits per heavy atom. The predicted octanol–water partition coefficient (Wildman–Crippen LogP) is 3.06. The smallest absolute Gasteiger partial charge is 0.263 e. The highest BCUT2D eigenvalue weighted by Gasteiger charge is 2.15. The second-order valence-corrected chi connectivity index (χ2v) is 6.44. The van der Waals surface area contributed by atoms with Crippen molar-refractivity contribution < 1.29 is 4.79 Å². The van der Waals surface area contributed by atoms with Crippen molar-refractivity contribution in [3.05, 3.63) is 39.9 Å². The first kappa shape index (κ1) is 15.9. The average molecular weight is 324 g/mol. The molecule has 6 heteroatoms. The molecule has 2 aromatic rings. The molecule has 1 N–H and O–H groups in total. The molecule has 4 nitrogen and oxygen atoms in total. The van der Waals surface area contributed by atoms with Gasteiger partial charge < -0.3 is 10.2 Å². The summed E-state index contributed by atoms with van der Waals surface area (Å²) in [7, 11) is 3.95. The molecule has 0 saturated heterocycles. The van der Waals surface area contributed by atoms with E-state index in [4.69, 9.17) is 11.6 Å². The molecule has 0 aliphatic rings. The number of halogens is 1. The molecule has 1 aromatic heterocycles. The van der Waals surface area contributed by atoms with E-state index in [2.05, 4.69) is 10.3 Å². The number of nitrogens with one attached hydrogen (secondary N) is 1. The Balaban J connectivity index is 2.11. The fraction of sp³-hybridized carbons (Fsp3) is 0.333. The van der Waals surface area contributed by atoms with E-state index >= 15 is 0 Å². The molecule has 112 valence electrons. The molecule has 0 bridgehead atoms. The number of amides is 1. The van der Waals surface area contributed by atoms with Gasteiger partial charge in [-0.2, -0.15) is 0 Å². The lowest BCUT2D eigenvalue weighted by Crippen LogP contribution is -2.31. The summed E-state index contributed by atoms with van der Waals surface area (Å²) in [6, 6.07) is 7.47. The van der Waals surface area contributed by atoms with Crippen LogP contribution < -0.4 is 5.32 Å². The van der Waals surface area contributed by atoms with Crippen LogP contribution in [0, 0.1) is 6.92 Å². The van der Waals surface area contributed by atoms with E-state index in [0.717, 1.165) is 22.8 Å². The Hall–Kier alpha value is -1.43. The molecule has 0 aliphatic carbocycles. The first-order chi connectivity index (χ1) is 9.97. The van der Waals surface area contributed by atoms with Crippen LogP contribution in [0.2, 0.25) is 5.02 Å². The first-order valence-corrected chi connectivity index (χ1v) is 7.83. The van der Waals surface area contributed by atoms with Gasteiger partial charge in [0, 0.05) is 23.7 Å². The number of hydrogen-bond donors (Lipinski definition) is 1. The van der Waals surface area contributed by atoms with E-state index in [1.807, 2.05) is 50.2 Å². The molecular weight excluding hydrogens is 306 g/mol. The van der Waals surface area contributed by atoms with E-state index in [0.29, 0.717) is 16.4 Å². The van der Waals surface area contributed by atoms with Gasteiger partial charge in [-0.1, -0.05) is 23.7 Å². The van der Waals surface area contributed by atoms with Crippen LogP contribution in [0.1, 0.15) is 15.4 Å². The molecule has 1 aromatic carbocycles. The molecule has 21 heavy (non-hydrogen) atoms. The zero-order valence-corrected chi connectivity index (χ0v) is 13.9. The van der Waals surface area contributed by atoms with Crippen LogP contribution in [0.4, 0.5) is 0 Å². The maximum Gasteiger partial charge on any atom is 0.263 e. The number of carbonyl (C=O) groups excluding carboxylic acids is 1. The van der Waals surface area contributed by atoms with Gasteiger partial charge in [-0.25, -0.2) is 4.98 Å². The Bertz CT molecular complexity index is 622. The monoisotopic (exact) mass is 323 g/mol. The number of likely N-dealkylation sites (N-methyl/N-ethyl adjacent to an activating group) is 1. The lowest BCUT2D eigenvalue weighted by molar-refractivity contribution is 0.0954. The third-order valence-electron chi connectivity index (χ3n) is 2.94. The number of hydrogen-bond acceptors (Lipinski definition) is 4. The van der Waals surface area contributed by atoms with Crippen molar-refractivity contribution in [2.75, 3.05) is 27.2 Å². The summed E-state index contributed by atoms with van der Waals surface area (Å²) in [5, 5.41) is 4.44. The summed E-state index contributed by atoms with van der Waals surface area (Å²) < 4.78 is 0.